The number of aryl methyl sites for hydroxylation is 1. The van der Waals surface area contributed by atoms with Gasteiger partial charge in [-0.25, -0.2) is 17.6 Å². The SMILES string of the molecule is CCCCCC1CCC(CCCc2cc(F)c(-c3cc(F)c(OC(F)(F)F)c(F)c3)c(F)c2)CC1. The fourth-order valence-corrected chi connectivity index (χ4v) is 5.05. The number of ether oxygens (including phenoxy) is 1. The molecule has 0 N–H and O–H groups in total. The zero-order valence-corrected chi connectivity index (χ0v) is 19.8. The first-order valence-corrected chi connectivity index (χ1v) is 12.3. The van der Waals surface area contributed by atoms with Gasteiger partial charge in [-0.05, 0) is 60.1 Å². The zero-order valence-electron chi connectivity index (χ0n) is 19.8. The Balaban J connectivity index is 1.59. The third-order valence-corrected chi connectivity index (χ3v) is 6.87. The van der Waals surface area contributed by atoms with Gasteiger partial charge in [0.05, 0.1) is 5.56 Å². The van der Waals surface area contributed by atoms with Gasteiger partial charge in [0, 0.05) is 0 Å². The lowest BCUT2D eigenvalue weighted by Gasteiger charge is -2.28. The molecule has 0 aliphatic heterocycles. The molecule has 0 heterocycles. The Labute approximate surface area is 201 Å². The van der Waals surface area contributed by atoms with Crippen molar-refractivity contribution in [2.24, 2.45) is 11.8 Å². The molecule has 1 saturated carbocycles. The van der Waals surface area contributed by atoms with Crippen LogP contribution in [0.5, 0.6) is 5.75 Å². The van der Waals surface area contributed by atoms with Crippen LogP contribution >= 0.6 is 0 Å². The van der Waals surface area contributed by atoms with Crippen LogP contribution in [-0.4, -0.2) is 6.36 Å². The van der Waals surface area contributed by atoms with Crippen LogP contribution in [-0.2, 0) is 6.42 Å². The highest BCUT2D eigenvalue weighted by Gasteiger charge is 2.34. The van der Waals surface area contributed by atoms with Crippen molar-refractivity contribution in [2.75, 3.05) is 0 Å². The number of hydrogen-bond donors (Lipinski definition) is 0. The Morgan fingerprint density at radius 1 is 0.743 bits per heavy atom. The van der Waals surface area contributed by atoms with E-state index >= 15 is 0 Å². The van der Waals surface area contributed by atoms with Gasteiger partial charge in [-0.1, -0.05) is 64.7 Å². The molecule has 1 aliphatic carbocycles. The maximum absolute atomic E-state index is 14.7. The summed E-state index contributed by atoms with van der Waals surface area (Å²) in [4.78, 5) is 0. The Hall–Kier alpha value is -2.25. The predicted octanol–water partition coefficient (Wildman–Crippen LogP) is 9.52. The molecule has 194 valence electrons. The van der Waals surface area contributed by atoms with Gasteiger partial charge in [-0.3, -0.25) is 0 Å². The van der Waals surface area contributed by atoms with Crippen LogP contribution in [0.1, 0.15) is 76.7 Å². The van der Waals surface area contributed by atoms with Crippen LogP contribution in [0.4, 0.5) is 30.7 Å². The largest absolute Gasteiger partial charge is 0.573 e. The van der Waals surface area contributed by atoms with Crippen LogP contribution in [0.2, 0.25) is 0 Å². The fourth-order valence-electron chi connectivity index (χ4n) is 5.05. The third kappa shape index (κ3) is 7.87. The summed E-state index contributed by atoms with van der Waals surface area (Å²) in [6, 6.07) is 3.06. The zero-order chi connectivity index (χ0) is 25.6. The topological polar surface area (TPSA) is 9.23 Å². The van der Waals surface area contributed by atoms with Gasteiger partial charge in [-0.15, -0.1) is 13.2 Å². The highest BCUT2D eigenvalue weighted by molar-refractivity contribution is 5.66. The van der Waals surface area contributed by atoms with Gasteiger partial charge >= 0.3 is 6.36 Å². The van der Waals surface area contributed by atoms with Crippen LogP contribution in [0.3, 0.4) is 0 Å². The molecule has 0 unspecified atom stereocenters. The molecule has 3 rings (SSSR count). The average Bonchev–Trinajstić information content (AvgIpc) is 2.76. The van der Waals surface area contributed by atoms with E-state index in [1.807, 2.05) is 0 Å². The summed E-state index contributed by atoms with van der Waals surface area (Å²) in [5.41, 5.74) is -0.826. The molecule has 0 saturated heterocycles. The van der Waals surface area contributed by atoms with Crippen molar-refractivity contribution in [2.45, 2.75) is 83.9 Å². The Morgan fingerprint density at radius 2 is 1.26 bits per heavy atom. The van der Waals surface area contributed by atoms with Crippen molar-refractivity contribution in [3.63, 3.8) is 0 Å². The highest BCUT2D eigenvalue weighted by atomic mass is 19.4. The smallest absolute Gasteiger partial charge is 0.399 e. The van der Waals surface area contributed by atoms with Crippen molar-refractivity contribution >= 4 is 0 Å². The number of benzene rings is 2. The lowest BCUT2D eigenvalue weighted by atomic mass is 9.78. The molecule has 0 atom stereocenters. The number of halogens is 7. The van der Waals surface area contributed by atoms with Gasteiger partial charge in [-0.2, -0.15) is 0 Å². The molecule has 1 nitrogen and oxygen atoms in total. The molecule has 2 aromatic rings. The minimum atomic E-state index is -5.31. The van der Waals surface area contributed by atoms with E-state index in [0.29, 0.717) is 30.0 Å². The van der Waals surface area contributed by atoms with Gasteiger partial charge in [0.1, 0.15) is 11.6 Å². The van der Waals surface area contributed by atoms with E-state index in [9.17, 15) is 30.7 Å². The van der Waals surface area contributed by atoms with E-state index in [1.54, 1.807) is 0 Å². The summed E-state index contributed by atoms with van der Waals surface area (Å²) in [7, 11) is 0. The van der Waals surface area contributed by atoms with Crippen molar-refractivity contribution in [1.29, 1.82) is 0 Å². The number of alkyl halides is 3. The summed E-state index contributed by atoms with van der Waals surface area (Å²) in [5.74, 6) is -5.71. The lowest BCUT2D eigenvalue weighted by molar-refractivity contribution is -0.276. The molecule has 0 spiro atoms. The standard InChI is InChI=1S/C27H31F7O/c1-2-3-4-6-17-9-11-18(12-10-17)7-5-8-19-13-21(28)25(22(29)14-19)20-15-23(30)26(24(31)16-20)35-27(32,33)34/h13-18H,2-12H2,1H3. The molecule has 1 fully saturated rings. The van der Waals surface area contributed by atoms with Crippen LogP contribution in [0.15, 0.2) is 24.3 Å². The quantitative estimate of drug-likeness (QED) is 0.231. The number of hydrogen-bond acceptors (Lipinski definition) is 1. The normalized spacial score (nSPS) is 18.6. The highest BCUT2D eigenvalue weighted by Crippen LogP contribution is 2.36. The van der Waals surface area contributed by atoms with Crippen LogP contribution < -0.4 is 4.74 Å². The van der Waals surface area contributed by atoms with Gasteiger partial charge in [0.25, 0.3) is 0 Å². The summed E-state index contributed by atoms with van der Waals surface area (Å²) < 4.78 is 97.7. The maximum Gasteiger partial charge on any atom is 0.573 e. The first-order valence-electron chi connectivity index (χ1n) is 12.3. The molecule has 0 radical (unpaired) electrons. The minimum absolute atomic E-state index is 0.421. The summed E-state index contributed by atoms with van der Waals surface area (Å²) >= 11 is 0. The Kier molecular flexibility index (Phi) is 9.47. The van der Waals surface area contributed by atoms with Crippen molar-refractivity contribution in [1.82, 2.24) is 0 Å². The summed E-state index contributed by atoms with van der Waals surface area (Å²) in [5, 5.41) is 0. The first kappa shape index (κ1) is 27.3. The third-order valence-electron chi connectivity index (χ3n) is 6.87. The molecular weight excluding hydrogens is 473 g/mol. The van der Waals surface area contributed by atoms with Gasteiger partial charge in [0.15, 0.2) is 11.6 Å². The second kappa shape index (κ2) is 12.1. The van der Waals surface area contributed by atoms with E-state index < -0.39 is 46.5 Å². The second-order valence-corrected chi connectivity index (χ2v) is 9.53. The van der Waals surface area contributed by atoms with E-state index in [2.05, 4.69) is 11.7 Å². The van der Waals surface area contributed by atoms with E-state index in [0.717, 1.165) is 30.9 Å². The molecule has 0 amide bonds. The fraction of sp³-hybridized carbons (Fsp3) is 0.556. The molecule has 0 bridgehead atoms. The minimum Gasteiger partial charge on any atom is -0.399 e. The Bertz CT molecular complexity index is 932. The monoisotopic (exact) mass is 504 g/mol. The molecule has 0 aromatic heterocycles. The number of unbranched alkanes of at least 4 members (excludes halogenated alkanes) is 2. The molecule has 1 aliphatic rings. The van der Waals surface area contributed by atoms with E-state index in [-0.39, 0.29) is 0 Å². The van der Waals surface area contributed by atoms with E-state index in [1.165, 1.54) is 51.4 Å². The Morgan fingerprint density at radius 3 is 1.74 bits per heavy atom. The van der Waals surface area contributed by atoms with Crippen molar-refractivity contribution in [3.05, 3.63) is 53.1 Å². The molecule has 35 heavy (non-hydrogen) atoms. The van der Waals surface area contributed by atoms with Crippen molar-refractivity contribution < 1.29 is 35.5 Å². The first-order chi connectivity index (χ1) is 16.6. The van der Waals surface area contributed by atoms with E-state index in [4.69, 9.17) is 0 Å². The molecule has 8 heteroatoms. The average molecular weight is 505 g/mol. The number of rotatable bonds is 10. The molecular formula is C27H31F7O. The van der Waals surface area contributed by atoms with Gasteiger partial charge in [0.2, 0.25) is 5.75 Å². The lowest BCUT2D eigenvalue weighted by Crippen LogP contribution is -2.19. The maximum atomic E-state index is 14.7. The van der Waals surface area contributed by atoms with Gasteiger partial charge < -0.3 is 4.74 Å². The molecule has 2 aromatic carbocycles. The van der Waals surface area contributed by atoms with Crippen molar-refractivity contribution in [3.8, 4) is 16.9 Å². The summed E-state index contributed by atoms with van der Waals surface area (Å²) in [6.45, 7) is 2.20. The second-order valence-electron chi connectivity index (χ2n) is 9.53. The summed E-state index contributed by atoms with van der Waals surface area (Å²) in [6.07, 6.45) is 6.87. The van der Waals surface area contributed by atoms with Crippen LogP contribution in [0, 0.1) is 35.1 Å². The predicted molar refractivity (Wildman–Crippen MR) is 121 cm³/mol. The van der Waals surface area contributed by atoms with Crippen LogP contribution in [0.25, 0.3) is 11.1 Å².